The summed E-state index contributed by atoms with van der Waals surface area (Å²) in [5.41, 5.74) is 0.684. The molecule has 1 atom stereocenters. The smallest absolute Gasteiger partial charge is 0.251 e. The van der Waals surface area contributed by atoms with E-state index in [-0.39, 0.29) is 13.0 Å². The van der Waals surface area contributed by atoms with Gasteiger partial charge in [-0.05, 0) is 29.8 Å². The lowest BCUT2D eigenvalue weighted by Gasteiger charge is -2.27. The highest BCUT2D eigenvalue weighted by atomic mass is 35.5. The van der Waals surface area contributed by atoms with Crippen LogP contribution in [0.2, 0.25) is 5.02 Å². The minimum atomic E-state index is -0.924. The number of allylic oxidation sites excluding steroid dienone is 1. The van der Waals surface area contributed by atoms with Crippen LogP contribution >= 0.6 is 11.6 Å². The second-order valence-corrected chi connectivity index (χ2v) is 9.95. The number of para-hydroxylation sites is 1. The summed E-state index contributed by atoms with van der Waals surface area (Å²) < 4.78 is 32.1. The number of rotatable bonds is 9. The molecule has 9 nitrogen and oxygen atoms in total. The molecule has 2 aliphatic heterocycles. The molecule has 2 aromatic carbocycles. The SMILES string of the molecule is CC1(C)OC=C(Cn2ccc(NC(=O)C(Cc3ccc(F)cc3)N3CC(Oc4ccccc4Cl)=CC3=O)n2)O1. The van der Waals surface area contributed by atoms with Gasteiger partial charge in [0.2, 0.25) is 11.7 Å². The molecule has 0 aliphatic carbocycles. The van der Waals surface area contributed by atoms with Crippen LogP contribution < -0.4 is 10.1 Å². The van der Waals surface area contributed by atoms with Gasteiger partial charge in [-0.25, -0.2) is 4.39 Å². The quantitative estimate of drug-likeness (QED) is 0.415. The number of benzene rings is 2. The first-order valence-corrected chi connectivity index (χ1v) is 12.6. The Bertz CT molecular complexity index is 1450. The highest BCUT2D eigenvalue weighted by Gasteiger charge is 2.35. The van der Waals surface area contributed by atoms with Crippen molar-refractivity contribution in [3.05, 3.63) is 101 Å². The Kier molecular flexibility index (Phi) is 7.30. The Morgan fingerprint density at radius 1 is 1.21 bits per heavy atom. The van der Waals surface area contributed by atoms with Crippen molar-refractivity contribution in [2.24, 2.45) is 0 Å². The summed E-state index contributed by atoms with van der Waals surface area (Å²) >= 11 is 6.20. The number of halogens is 2. The maximum Gasteiger partial charge on any atom is 0.251 e. The first-order valence-electron chi connectivity index (χ1n) is 12.2. The van der Waals surface area contributed by atoms with E-state index < -0.39 is 29.5 Å². The van der Waals surface area contributed by atoms with Gasteiger partial charge < -0.3 is 24.4 Å². The second kappa shape index (κ2) is 10.8. The third kappa shape index (κ3) is 6.40. The van der Waals surface area contributed by atoms with Crippen LogP contribution in [0.5, 0.6) is 5.75 Å². The number of amides is 2. The number of hydrogen-bond donors (Lipinski definition) is 1. The molecule has 0 saturated carbocycles. The molecule has 1 N–H and O–H groups in total. The maximum absolute atomic E-state index is 13.5. The van der Waals surface area contributed by atoms with E-state index in [1.807, 2.05) is 0 Å². The van der Waals surface area contributed by atoms with E-state index in [1.165, 1.54) is 29.4 Å². The number of carbonyl (C=O) groups is 2. The van der Waals surface area contributed by atoms with E-state index in [4.69, 9.17) is 25.8 Å². The van der Waals surface area contributed by atoms with Crippen molar-refractivity contribution >= 4 is 29.2 Å². The van der Waals surface area contributed by atoms with Crippen molar-refractivity contribution in [3.63, 3.8) is 0 Å². The number of nitrogens with one attached hydrogen (secondary N) is 1. The topological polar surface area (TPSA) is 94.9 Å². The minimum Gasteiger partial charge on any atom is -0.458 e. The number of ether oxygens (including phenoxy) is 3. The summed E-state index contributed by atoms with van der Waals surface area (Å²) in [4.78, 5) is 27.9. The maximum atomic E-state index is 13.5. The van der Waals surface area contributed by atoms with Crippen LogP contribution in [-0.4, -0.2) is 44.9 Å². The Labute approximate surface area is 229 Å². The lowest BCUT2D eigenvalue weighted by atomic mass is 10.0. The van der Waals surface area contributed by atoms with Gasteiger partial charge in [0, 0.05) is 38.6 Å². The standard InChI is InChI=1S/C28H26ClFN4O5/c1-28(2)37-17-21(39-28)15-33-12-11-25(32-33)31-27(36)23(13-18-7-9-19(30)10-8-18)34-16-20(14-26(34)35)38-24-6-4-3-5-22(24)29/h3-12,14,17,23H,13,15-16H2,1-2H3,(H,31,32,36). The highest BCUT2D eigenvalue weighted by molar-refractivity contribution is 6.32. The zero-order valence-corrected chi connectivity index (χ0v) is 22.0. The lowest BCUT2D eigenvalue weighted by molar-refractivity contribution is -0.133. The molecule has 2 aliphatic rings. The molecule has 3 heterocycles. The van der Waals surface area contributed by atoms with Gasteiger partial charge in [0.25, 0.3) is 5.91 Å². The molecular formula is C28H26ClFN4O5. The highest BCUT2D eigenvalue weighted by Crippen LogP contribution is 2.28. The van der Waals surface area contributed by atoms with Gasteiger partial charge in [0.15, 0.2) is 11.6 Å². The van der Waals surface area contributed by atoms with E-state index in [9.17, 15) is 14.0 Å². The van der Waals surface area contributed by atoms with Crippen molar-refractivity contribution in [2.75, 3.05) is 11.9 Å². The van der Waals surface area contributed by atoms with Crippen molar-refractivity contribution in [1.82, 2.24) is 14.7 Å². The van der Waals surface area contributed by atoms with Crippen LogP contribution in [0.1, 0.15) is 19.4 Å². The number of aromatic nitrogens is 2. The van der Waals surface area contributed by atoms with Gasteiger partial charge in [-0.15, -0.1) is 0 Å². The average molecular weight is 553 g/mol. The first-order chi connectivity index (χ1) is 18.6. The van der Waals surface area contributed by atoms with Crippen molar-refractivity contribution in [2.45, 2.75) is 38.6 Å². The number of nitrogens with zero attached hydrogens (tertiary/aromatic N) is 3. The monoisotopic (exact) mass is 552 g/mol. The van der Waals surface area contributed by atoms with E-state index in [0.717, 1.165) is 0 Å². The third-order valence-electron chi connectivity index (χ3n) is 6.05. The summed E-state index contributed by atoms with van der Waals surface area (Å²) in [6.07, 6.45) is 4.71. The fraction of sp³-hybridized carbons (Fsp3) is 0.250. The van der Waals surface area contributed by atoms with E-state index in [2.05, 4.69) is 10.4 Å². The predicted molar refractivity (Wildman–Crippen MR) is 141 cm³/mol. The fourth-order valence-electron chi connectivity index (χ4n) is 4.22. The van der Waals surface area contributed by atoms with Crippen molar-refractivity contribution in [3.8, 4) is 5.75 Å². The Morgan fingerprint density at radius 3 is 2.69 bits per heavy atom. The molecule has 39 heavy (non-hydrogen) atoms. The summed E-state index contributed by atoms with van der Waals surface area (Å²) in [7, 11) is 0. The largest absolute Gasteiger partial charge is 0.458 e. The minimum absolute atomic E-state index is 0.0546. The summed E-state index contributed by atoms with van der Waals surface area (Å²) in [5.74, 6) is -0.328. The van der Waals surface area contributed by atoms with E-state index in [0.29, 0.717) is 40.2 Å². The number of hydrogen-bond acceptors (Lipinski definition) is 6. The normalized spacial score (nSPS) is 16.7. The Morgan fingerprint density at radius 2 is 1.97 bits per heavy atom. The molecule has 0 spiro atoms. The first kappa shape index (κ1) is 26.3. The number of carbonyl (C=O) groups excluding carboxylic acids is 2. The van der Waals surface area contributed by atoms with Crippen LogP contribution in [0.3, 0.4) is 0 Å². The summed E-state index contributed by atoms with van der Waals surface area (Å²) in [6, 6.07) is 13.4. The molecule has 5 rings (SSSR count). The molecule has 0 radical (unpaired) electrons. The fourth-order valence-corrected chi connectivity index (χ4v) is 4.40. The molecule has 0 saturated heterocycles. The molecule has 11 heteroatoms. The summed E-state index contributed by atoms with van der Waals surface area (Å²) in [6.45, 7) is 3.96. The van der Waals surface area contributed by atoms with Crippen LogP contribution in [0, 0.1) is 5.82 Å². The van der Waals surface area contributed by atoms with Gasteiger partial charge in [-0.3, -0.25) is 14.3 Å². The third-order valence-corrected chi connectivity index (χ3v) is 6.37. The number of anilines is 1. The zero-order chi connectivity index (χ0) is 27.6. The second-order valence-electron chi connectivity index (χ2n) is 9.55. The molecule has 0 fully saturated rings. The van der Waals surface area contributed by atoms with E-state index >= 15 is 0 Å². The van der Waals surface area contributed by atoms with Crippen LogP contribution in [0.4, 0.5) is 10.2 Å². The lowest BCUT2D eigenvalue weighted by Crippen LogP contribution is -2.47. The zero-order valence-electron chi connectivity index (χ0n) is 21.3. The van der Waals surface area contributed by atoms with Gasteiger partial charge in [-0.1, -0.05) is 35.9 Å². The van der Waals surface area contributed by atoms with Crippen molar-refractivity contribution in [1.29, 1.82) is 0 Å². The molecule has 3 aromatic rings. The van der Waals surface area contributed by atoms with Crippen LogP contribution in [0.15, 0.2) is 84.7 Å². The van der Waals surface area contributed by atoms with Crippen LogP contribution in [-0.2, 0) is 32.0 Å². The Balaban J connectivity index is 1.30. The molecule has 1 aromatic heterocycles. The van der Waals surface area contributed by atoms with Gasteiger partial charge >= 0.3 is 0 Å². The van der Waals surface area contributed by atoms with Gasteiger partial charge in [-0.2, -0.15) is 5.10 Å². The van der Waals surface area contributed by atoms with E-state index in [1.54, 1.807) is 67.2 Å². The molecule has 1 unspecified atom stereocenters. The van der Waals surface area contributed by atoms with Crippen molar-refractivity contribution < 1.29 is 28.2 Å². The Hall–Kier alpha value is -4.31. The molecule has 2 amide bonds. The van der Waals surface area contributed by atoms with Gasteiger partial charge in [0.1, 0.15) is 36.2 Å². The predicted octanol–water partition coefficient (Wildman–Crippen LogP) is 4.65. The van der Waals surface area contributed by atoms with Gasteiger partial charge in [0.05, 0.1) is 11.6 Å². The molecule has 202 valence electrons. The van der Waals surface area contributed by atoms with Crippen LogP contribution in [0.25, 0.3) is 0 Å². The summed E-state index contributed by atoms with van der Waals surface area (Å²) in [5, 5.41) is 7.58. The molecular weight excluding hydrogens is 527 g/mol. The average Bonchev–Trinajstić information content (AvgIpc) is 3.58. The molecule has 0 bridgehead atoms.